The second-order valence-electron chi connectivity index (χ2n) is 4.88. The Kier molecular flexibility index (Phi) is 8.47. The molecule has 1 rings (SSSR count). The molecule has 0 aromatic heterocycles. The molecule has 0 aliphatic heterocycles. The third kappa shape index (κ3) is 7.79. The highest BCUT2D eigenvalue weighted by Crippen LogP contribution is 2.04. The second kappa shape index (κ2) is 10.3. The lowest BCUT2D eigenvalue weighted by Gasteiger charge is -2.14. The van der Waals surface area contributed by atoms with Crippen molar-refractivity contribution < 1.29 is 9.53 Å². The summed E-state index contributed by atoms with van der Waals surface area (Å²) < 4.78 is 5.21. The molecule has 0 spiro atoms. The fourth-order valence-electron chi connectivity index (χ4n) is 1.90. The maximum Gasteiger partial charge on any atom is 0.314 e. The SMILES string of the molecule is CCOCCCNC(=O)NC(C)CCc1ccccc1. The molecule has 0 saturated carbocycles. The molecule has 0 fully saturated rings. The van der Waals surface area contributed by atoms with Gasteiger partial charge in [-0.15, -0.1) is 0 Å². The van der Waals surface area contributed by atoms with Gasteiger partial charge in [0.25, 0.3) is 0 Å². The molecular formula is C16H26N2O2. The number of urea groups is 1. The Morgan fingerprint density at radius 3 is 2.75 bits per heavy atom. The molecule has 0 heterocycles. The molecule has 2 amide bonds. The predicted octanol–water partition coefficient (Wildman–Crippen LogP) is 2.73. The summed E-state index contributed by atoms with van der Waals surface area (Å²) in [7, 11) is 0. The van der Waals surface area contributed by atoms with Crippen molar-refractivity contribution in [2.75, 3.05) is 19.8 Å². The summed E-state index contributed by atoms with van der Waals surface area (Å²) in [5.74, 6) is 0. The summed E-state index contributed by atoms with van der Waals surface area (Å²) in [5, 5.41) is 5.79. The van der Waals surface area contributed by atoms with Crippen LogP contribution in [0.2, 0.25) is 0 Å². The van der Waals surface area contributed by atoms with E-state index < -0.39 is 0 Å². The molecule has 0 saturated heterocycles. The van der Waals surface area contributed by atoms with E-state index in [9.17, 15) is 4.79 Å². The fourth-order valence-corrected chi connectivity index (χ4v) is 1.90. The van der Waals surface area contributed by atoms with Gasteiger partial charge < -0.3 is 15.4 Å². The Morgan fingerprint density at radius 1 is 1.30 bits per heavy atom. The first-order chi connectivity index (χ1) is 9.72. The maximum absolute atomic E-state index is 11.6. The van der Waals surface area contributed by atoms with E-state index in [1.54, 1.807) is 0 Å². The van der Waals surface area contributed by atoms with Crippen molar-refractivity contribution in [3.05, 3.63) is 35.9 Å². The van der Waals surface area contributed by atoms with Gasteiger partial charge in [0.2, 0.25) is 0 Å². The quantitative estimate of drug-likeness (QED) is 0.682. The molecule has 1 atom stereocenters. The lowest BCUT2D eigenvalue weighted by atomic mass is 10.1. The molecule has 4 nitrogen and oxygen atoms in total. The van der Waals surface area contributed by atoms with Crippen LogP contribution in [0.15, 0.2) is 30.3 Å². The van der Waals surface area contributed by atoms with Gasteiger partial charge in [-0.3, -0.25) is 0 Å². The monoisotopic (exact) mass is 278 g/mol. The number of benzene rings is 1. The molecule has 1 aromatic rings. The van der Waals surface area contributed by atoms with Crippen molar-refractivity contribution in [2.24, 2.45) is 0 Å². The highest BCUT2D eigenvalue weighted by Gasteiger charge is 2.06. The van der Waals surface area contributed by atoms with Crippen LogP contribution in [0.25, 0.3) is 0 Å². The number of carbonyl (C=O) groups excluding carboxylic acids is 1. The van der Waals surface area contributed by atoms with Crippen LogP contribution < -0.4 is 10.6 Å². The summed E-state index contributed by atoms with van der Waals surface area (Å²) >= 11 is 0. The Bertz CT molecular complexity index is 368. The molecule has 20 heavy (non-hydrogen) atoms. The van der Waals surface area contributed by atoms with Crippen molar-refractivity contribution >= 4 is 6.03 Å². The van der Waals surface area contributed by atoms with Crippen LogP contribution in [0.1, 0.15) is 32.3 Å². The standard InChI is InChI=1S/C16H26N2O2/c1-3-20-13-7-12-17-16(19)18-14(2)10-11-15-8-5-4-6-9-15/h4-6,8-9,14H,3,7,10-13H2,1-2H3,(H2,17,18,19). The molecule has 1 unspecified atom stereocenters. The van der Waals surface area contributed by atoms with Crippen LogP contribution in [-0.2, 0) is 11.2 Å². The summed E-state index contributed by atoms with van der Waals surface area (Å²) in [5.41, 5.74) is 1.30. The van der Waals surface area contributed by atoms with Gasteiger partial charge in [0.05, 0.1) is 0 Å². The minimum atomic E-state index is -0.0953. The first-order valence-electron chi connectivity index (χ1n) is 7.38. The van der Waals surface area contributed by atoms with Crippen molar-refractivity contribution in [3.8, 4) is 0 Å². The number of hydrogen-bond donors (Lipinski definition) is 2. The smallest absolute Gasteiger partial charge is 0.314 e. The molecular weight excluding hydrogens is 252 g/mol. The number of nitrogens with one attached hydrogen (secondary N) is 2. The molecule has 112 valence electrons. The van der Waals surface area contributed by atoms with Gasteiger partial charge in [-0.25, -0.2) is 4.79 Å². The zero-order valence-corrected chi connectivity index (χ0v) is 12.5. The van der Waals surface area contributed by atoms with Crippen LogP contribution >= 0.6 is 0 Å². The number of rotatable bonds is 9. The maximum atomic E-state index is 11.6. The van der Waals surface area contributed by atoms with Gasteiger partial charge in [-0.1, -0.05) is 30.3 Å². The van der Waals surface area contributed by atoms with E-state index in [0.29, 0.717) is 13.2 Å². The normalized spacial score (nSPS) is 11.9. The van der Waals surface area contributed by atoms with Crippen molar-refractivity contribution in [1.82, 2.24) is 10.6 Å². The van der Waals surface area contributed by atoms with Crippen LogP contribution in [0.3, 0.4) is 0 Å². The third-order valence-corrected chi connectivity index (χ3v) is 3.04. The number of hydrogen-bond acceptors (Lipinski definition) is 2. The molecule has 0 bridgehead atoms. The first kappa shape index (κ1) is 16.5. The van der Waals surface area contributed by atoms with E-state index in [-0.39, 0.29) is 12.1 Å². The summed E-state index contributed by atoms with van der Waals surface area (Å²) in [4.78, 5) is 11.6. The van der Waals surface area contributed by atoms with E-state index >= 15 is 0 Å². The summed E-state index contributed by atoms with van der Waals surface area (Å²) in [6.45, 7) is 6.07. The van der Waals surface area contributed by atoms with Crippen LogP contribution in [0.4, 0.5) is 4.79 Å². The number of aryl methyl sites for hydroxylation is 1. The number of amides is 2. The Morgan fingerprint density at radius 2 is 2.05 bits per heavy atom. The van der Waals surface area contributed by atoms with E-state index in [0.717, 1.165) is 25.9 Å². The lowest BCUT2D eigenvalue weighted by Crippen LogP contribution is -2.41. The molecule has 0 radical (unpaired) electrons. The average molecular weight is 278 g/mol. The number of carbonyl (C=O) groups is 1. The fraction of sp³-hybridized carbons (Fsp3) is 0.562. The van der Waals surface area contributed by atoms with E-state index in [1.807, 2.05) is 32.0 Å². The largest absolute Gasteiger partial charge is 0.382 e. The van der Waals surface area contributed by atoms with Gasteiger partial charge in [-0.2, -0.15) is 0 Å². The Balaban J connectivity index is 2.09. The zero-order chi connectivity index (χ0) is 14.6. The average Bonchev–Trinajstić information content (AvgIpc) is 2.46. The molecule has 2 N–H and O–H groups in total. The molecule has 0 aliphatic rings. The van der Waals surface area contributed by atoms with E-state index in [2.05, 4.69) is 22.8 Å². The summed E-state index contributed by atoms with van der Waals surface area (Å²) in [6.07, 6.45) is 2.77. The van der Waals surface area contributed by atoms with Gasteiger partial charge in [0.1, 0.15) is 0 Å². The number of ether oxygens (including phenoxy) is 1. The van der Waals surface area contributed by atoms with Gasteiger partial charge in [-0.05, 0) is 38.7 Å². The van der Waals surface area contributed by atoms with E-state index in [4.69, 9.17) is 4.74 Å². The lowest BCUT2D eigenvalue weighted by molar-refractivity contribution is 0.145. The minimum absolute atomic E-state index is 0.0953. The second-order valence-corrected chi connectivity index (χ2v) is 4.88. The van der Waals surface area contributed by atoms with Gasteiger partial charge in [0.15, 0.2) is 0 Å². The van der Waals surface area contributed by atoms with Crippen molar-refractivity contribution in [2.45, 2.75) is 39.2 Å². The molecule has 4 heteroatoms. The van der Waals surface area contributed by atoms with Crippen molar-refractivity contribution in [3.63, 3.8) is 0 Å². The van der Waals surface area contributed by atoms with Gasteiger partial charge in [0, 0.05) is 25.8 Å². The van der Waals surface area contributed by atoms with Crippen LogP contribution in [-0.4, -0.2) is 31.8 Å². The molecule has 1 aromatic carbocycles. The van der Waals surface area contributed by atoms with Crippen LogP contribution in [0, 0.1) is 0 Å². The first-order valence-corrected chi connectivity index (χ1v) is 7.38. The summed E-state index contributed by atoms with van der Waals surface area (Å²) in [6, 6.07) is 10.4. The molecule has 0 aliphatic carbocycles. The minimum Gasteiger partial charge on any atom is -0.382 e. The third-order valence-electron chi connectivity index (χ3n) is 3.04. The predicted molar refractivity (Wildman–Crippen MR) is 81.9 cm³/mol. The van der Waals surface area contributed by atoms with Crippen LogP contribution in [0.5, 0.6) is 0 Å². The highest BCUT2D eigenvalue weighted by atomic mass is 16.5. The Labute approximate surface area is 121 Å². The zero-order valence-electron chi connectivity index (χ0n) is 12.5. The topological polar surface area (TPSA) is 50.4 Å². The van der Waals surface area contributed by atoms with E-state index in [1.165, 1.54) is 5.56 Å². The Hall–Kier alpha value is -1.55. The van der Waals surface area contributed by atoms with Crippen molar-refractivity contribution in [1.29, 1.82) is 0 Å². The highest BCUT2D eigenvalue weighted by molar-refractivity contribution is 5.74. The van der Waals surface area contributed by atoms with Gasteiger partial charge >= 0.3 is 6.03 Å².